The van der Waals surface area contributed by atoms with E-state index in [4.69, 9.17) is 0 Å². The molecule has 0 spiro atoms. The van der Waals surface area contributed by atoms with Crippen LogP contribution >= 0.6 is 0 Å². The van der Waals surface area contributed by atoms with Gasteiger partial charge in [0.2, 0.25) is 5.79 Å². The molecule has 0 aliphatic heterocycles. The number of benzene rings is 2. The molecule has 5 rings (SSSR count). The normalized spacial score (nSPS) is 24.4. The maximum atomic E-state index is 17.0. The minimum absolute atomic E-state index is 0.243. The largest absolute Gasteiger partial charge is 0.274 e. The molecule has 0 aromatic heterocycles. The van der Waals surface area contributed by atoms with Crippen molar-refractivity contribution in [3.05, 3.63) is 92.4 Å². The third-order valence-corrected chi connectivity index (χ3v) is 9.12. The number of fused-ring (bicyclic) bond motifs is 3. The second kappa shape index (κ2) is 8.93. The molecule has 0 N–H and O–H groups in total. The Hall–Kier alpha value is -3.14. The van der Waals surface area contributed by atoms with E-state index in [1.54, 1.807) is 0 Å². The maximum Gasteiger partial charge on any atom is 0.249 e. The average Bonchev–Trinajstić information content (AvgIpc) is 3.39. The van der Waals surface area contributed by atoms with Crippen LogP contribution < -0.4 is 0 Å². The van der Waals surface area contributed by atoms with Gasteiger partial charge in [-0.3, -0.25) is 4.57 Å². The molecule has 16 heteroatoms. The van der Waals surface area contributed by atoms with E-state index in [9.17, 15) is 26.3 Å². The van der Waals surface area contributed by atoms with Crippen LogP contribution in [0.5, 0.6) is 0 Å². The van der Waals surface area contributed by atoms with Crippen molar-refractivity contribution in [3.8, 4) is 11.1 Å². The summed E-state index contributed by atoms with van der Waals surface area (Å²) in [5, 5.41) is 0. The maximum absolute atomic E-state index is 17.0. The Kier molecular flexibility index (Phi) is 6.39. The Morgan fingerprint density at radius 3 is 1.46 bits per heavy atom. The Labute approximate surface area is 222 Å². The summed E-state index contributed by atoms with van der Waals surface area (Å²) >= 11 is 0. The molecular formula is C25H12F14NSi. The Morgan fingerprint density at radius 2 is 1.05 bits per heavy atom. The van der Waals surface area contributed by atoms with E-state index < -0.39 is 130 Å². The summed E-state index contributed by atoms with van der Waals surface area (Å²) in [6, 6.07) is -3.04. The molecule has 0 bridgehead atoms. The van der Waals surface area contributed by atoms with E-state index in [2.05, 4.69) is 0 Å². The zero-order valence-electron chi connectivity index (χ0n) is 20.5. The Bertz CT molecular complexity index is 1590. The molecule has 1 nitrogen and oxygen atoms in total. The standard InChI is InChI=1S/C25H12F14NSi/c1-41(2,3)40(25(39)23(37)8-6(27)4-5(26)7(8)17(32)24(25)38)22-11-9(13(28)18(33)20(35)15(11)30)10-12(22)16(31)21(36)19(34)14(10)29/h5,22-23H,1-3H3. The van der Waals surface area contributed by atoms with Gasteiger partial charge in [0, 0.05) is 39.5 Å². The minimum Gasteiger partial charge on any atom is -0.274 e. The van der Waals surface area contributed by atoms with Gasteiger partial charge in [0.15, 0.2) is 70.5 Å². The van der Waals surface area contributed by atoms with Crippen molar-refractivity contribution in [1.82, 2.24) is 4.57 Å². The number of allylic oxidation sites excluding steroid dienone is 4. The van der Waals surface area contributed by atoms with Crippen molar-refractivity contribution >= 4 is 8.24 Å². The molecule has 0 fully saturated rings. The molecule has 1 radical (unpaired) electrons. The predicted molar refractivity (Wildman–Crippen MR) is 116 cm³/mol. The van der Waals surface area contributed by atoms with Gasteiger partial charge in [0.1, 0.15) is 14.1 Å². The SMILES string of the molecule is C[Si](C)(C)N(C1c2c(F)c(F)c(F)c(F)c2-c2c(F)c(F)c(F)c(F)c21)C1(F)C(F)=C(F)C2=C(C(F)=[C]C2F)C1F. The third-order valence-electron chi connectivity index (χ3n) is 7.10. The molecule has 41 heavy (non-hydrogen) atoms. The summed E-state index contributed by atoms with van der Waals surface area (Å²) in [6.07, 6.45) is -5.42. The van der Waals surface area contributed by atoms with Crippen LogP contribution in [0.3, 0.4) is 0 Å². The van der Waals surface area contributed by atoms with Crippen LogP contribution in [0.1, 0.15) is 17.2 Å². The number of hydrogen-bond donors (Lipinski definition) is 0. The number of halogens is 14. The second-order valence-electron chi connectivity index (χ2n) is 10.3. The lowest BCUT2D eigenvalue weighted by atomic mass is 9.88. The van der Waals surface area contributed by atoms with Gasteiger partial charge in [-0.2, -0.15) is 0 Å². The lowest BCUT2D eigenvalue weighted by Gasteiger charge is -2.50. The molecule has 3 aliphatic carbocycles. The first-order chi connectivity index (χ1) is 18.8. The molecule has 0 heterocycles. The van der Waals surface area contributed by atoms with Crippen molar-refractivity contribution in [2.24, 2.45) is 0 Å². The highest BCUT2D eigenvalue weighted by Gasteiger charge is 2.65. The lowest BCUT2D eigenvalue weighted by Crippen LogP contribution is -2.64. The fourth-order valence-corrected chi connectivity index (χ4v) is 7.78. The second-order valence-corrected chi connectivity index (χ2v) is 15.2. The molecule has 3 unspecified atom stereocenters. The highest BCUT2D eigenvalue weighted by atomic mass is 28.3. The van der Waals surface area contributed by atoms with E-state index in [1.807, 2.05) is 0 Å². The lowest BCUT2D eigenvalue weighted by molar-refractivity contribution is -0.0436. The van der Waals surface area contributed by atoms with Crippen LogP contribution in [-0.4, -0.2) is 30.9 Å². The van der Waals surface area contributed by atoms with Crippen molar-refractivity contribution in [1.29, 1.82) is 0 Å². The summed E-state index contributed by atoms with van der Waals surface area (Å²) in [5.74, 6) is -32.7. The van der Waals surface area contributed by atoms with Gasteiger partial charge in [-0.25, -0.2) is 61.5 Å². The number of alkyl halides is 3. The average molecular weight is 620 g/mol. The Balaban J connectivity index is 1.95. The van der Waals surface area contributed by atoms with Crippen LogP contribution in [0, 0.1) is 52.6 Å². The van der Waals surface area contributed by atoms with Crippen LogP contribution in [-0.2, 0) is 0 Å². The first kappa shape index (κ1) is 29.4. The zero-order chi connectivity index (χ0) is 30.8. The first-order valence-corrected chi connectivity index (χ1v) is 14.8. The zero-order valence-corrected chi connectivity index (χ0v) is 21.5. The third kappa shape index (κ3) is 3.52. The quantitative estimate of drug-likeness (QED) is 0.109. The smallest absolute Gasteiger partial charge is 0.249 e. The first-order valence-electron chi connectivity index (χ1n) is 11.4. The molecule has 0 amide bonds. The summed E-state index contributed by atoms with van der Waals surface area (Å²) in [4.78, 5) is 0. The van der Waals surface area contributed by atoms with Crippen LogP contribution in [0.2, 0.25) is 19.6 Å². The van der Waals surface area contributed by atoms with Crippen LogP contribution in [0.4, 0.5) is 61.5 Å². The molecule has 0 saturated heterocycles. The monoisotopic (exact) mass is 620 g/mol. The van der Waals surface area contributed by atoms with Crippen molar-refractivity contribution < 1.29 is 61.5 Å². The van der Waals surface area contributed by atoms with E-state index in [1.165, 1.54) is 6.08 Å². The molecule has 2 aromatic rings. The van der Waals surface area contributed by atoms with Crippen LogP contribution in [0.15, 0.2) is 28.6 Å². The van der Waals surface area contributed by atoms with Gasteiger partial charge < -0.3 is 0 Å². The number of rotatable bonds is 3. The minimum atomic E-state index is -4.73. The fraction of sp³-hybridized carbons (Fsp3) is 0.280. The van der Waals surface area contributed by atoms with Gasteiger partial charge in [-0.15, -0.1) is 0 Å². The van der Waals surface area contributed by atoms with Gasteiger partial charge >= 0.3 is 0 Å². The van der Waals surface area contributed by atoms with Gasteiger partial charge in [-0.1, -0.05) is 19.6 Å². The van der Waals surface area contributed by atoms with Crippen molar-refractivity contribution in [2.45, 2.75) is 43.8 Å². The van der Waals surface area contributed by atoms with Gasteiger partial charge in [0.25, 0.3) is 0 Å². The summed E-state index contributed by atoms with van der Waals surface area (Å²) < 4.78 is 210. The van der Waals surface area contributed by atoms with Crippen LogP contribution in [0.25, 0.3) is 11.1 Å². The Morgan fingerprint density at radius 1 is 0.634 bits per heavy atom. The predicted octanol–water partition coefficient (Wildman–Crippen LogP) is 8.48. The topological polar surface area (TPSA) is 3.24 Å². The summed E-state index contributed by atoms with van der Waals surface area (Å²) in [5.41, 5.74) is -10.5. The van der Waals surface area contributed by atoms with E-state index in [0.717, 1.165) is 19.6 Å². The molecule has 2 aromatic carbocycles. The fourth-order valence-electron chi connectivity index (χ4n) is 5.56. The summed E-state index contributed by atoms with van der Waals surface area (Å²) in [6.45, 7) is 2.88. The van der Waals surface area contributed by atoms with Crippen molar-refractivity contribution in [2.75, 3.05) is 0 Å². The highest BCUT2D eigenvalue weighted by Crippen LogP contribution is 2.60. The highest BCUT2D eigenvalue weighted by molar-refractivity contribution is 6.73. The summed E-state index contributed by atoms with van der Waals surface area (Å²) in [7, 11) is -4.19. The van der Waals surface area contributed by atoms with E-state index in [-0.39, 0.29) is 4.57 Å². The van der Waals surface area contributed by atoms with Gasteiger partial charge in [-0.05, 0) is 0 Å². The van der Waals surface area contributed by atoms with Crippen molar-refractivity contribution in [3.63, 3.8) is 0 Å². The van der Waals surface area contributed by atoms with E-state index >= 15 is 35.1 Å². The number of nitrogens with zero attached hydrogens (tertiary/aromatic N) is 1. The van der Waals surface area contributed by atoms with Gasteiger partial charge in [0.05, 0.1) is 6.04 Å². The number of hydrogen-bond acceptors (Lipinski definition) is 1. The molecular weight excluding hydrogens is 608 g/mol. The molecule has 219 valence electrons. The van der Waals surface area contributed by atoms with E-state index in [0.29, 0.717) is 0 Å². The molecule has 3 aliphatic rings. The molecule has 3 atom stereocenters. The molecule has 0 saturated carbocycles.